The van der Waals surface area contributed by atoms with Crippen molar-refractivity contribution in [3.63, 3.8) is 0 Å². The van der Waals surface area contributed by atoms with Crippen LogP contribution in [-0.4, -0.2) is 44.3 Å². The molecule has 0 atom stereocenters. The molecule has 4 aromatic carbocycles. The lowest BCUT2D eigenvalue weighted by Crippen LogP contribution is -2.40. The number of rotatable bonds is 8. The van der Waals surface area contributed by atoms with Crippen LogP contribution in [0.2, 0.25) is 0 Å². The third kappa shape index (κ3) is 4.82. The molecule has 200 valence electrons. The van der Waals surface area contributed by atoms with Gasteiger partial charge in [-0.2, -0.15) is 0 Å². The normalized spacial score (nSPS) is 19.8. The minimum atomic E-state index is -1.04. The molecular weight excluding hydrogens is 512 g/mol. The molecule has 1 aliphatic carbocycles. The molecular formula is C32H24O8. The Morgan fingerprint density at radius 1 is 0.325 bits per heavy atom. The first-order chi connectivity index (χ1) is 19.2. The number of hydrogen-bond acceptors (Lipinski definition) is 4. The van der Waals surface area contributed by atoms with Crippen LogP contribution < -0.4 is 0 Å². The molecule has 8 heteroatoms. The summed E-state index contributed by atoms with van der Waals surface area (Å²) < 4.78 is 0. The lowest BCUT2D eigenvalue weighted by molar-refractivity contribution is 0.0685. The van der Waals surface area contributed by atoms with Gasteiger partial charge in [0.15, 0.2) is 0 Å². The molecule has 1 fully saturated rings. The van der Waals surface area contributed by atoms with Crippen molar-refractivity contribution in [2.45, 2.75) is 23.7 Å². The first-order valence-electron chi connectivity index (χ1n) is 12.5. The molecule has 0 aromatic heterocycles. The zero-order valence-electron chi connectivity index (χ0n) is 21.0. The maximum Gasteiger partial charge on any atom is 0.335 e. The molecule has 0 aliphatic heterocycles. The topological polar surface area (TPSA) is 149 Å². The van der Waals surface area contributed by atoms with Crippen LogP contribution in [0.3, 0.4) is 0 Å². The Labute approximate surface area is 228 Å². The minimum Gasteiger partial charge on any atom is -0.478 e. The average Bonchev–Trinajstić information content (AvgIpc) is 2.93. The lowest BCUT2D eigenvalue weighted by atomic mass is 9.49. The largest absolute Gasteiger partial charge is 0.478 e. The molecule has 5 rings (SSSR count). The quantitative estimate of drug-likeness (QED) is 0.217. The van der Waals surface area contributed by atoms with E-state index in [0.717, 1.165) is 22.3 Å². The van der Waals surface area contributed by atoms with Gasteiger partial charge in [0.25, 0.3) is 0 Å². The molecule has 0 saturated heterocycles. The Balaban J connectivity index is 1.67. The Bertz CT molecular complexity index is 1330. The predicted molar refractivity (Wildman–Crippen MR) is 145 cm³/mol. The van der Waals surface area contributed by atoms with Crippen molar-refractivity contribution < 1.29 is 39.6 Å². The lowest BCUT2D eigenvalue weighted by Gasteiger charge is -2.54. The van der Waals surface area contributed by atoms with E-state index in [9.17, 15) is 39.6 Å². The molecule has 4 aromatic rings. The van der Waals surface area contributed by atoms with Crippen molar-refractivity contribution >= 4 is 23.9 Å². The standard InChI is InChI=1S/C32H24O8/c33-29(34)21-9-1-17(2-10-21)25-26(18-3-11-22(12-4-18)30(35)36)28(20-7-15-24(16-8-20)32(39)40)27(25)19-5-13-23(14-6-19)31(37)38/h1-16,25-28H,(H,33,34)(H,35,36)(H,37,38)(H,39,40). The van der Waals surface area contributed by atoms with Gasteiger partial charge in [-0.3, -0.25) is 0 Å². The van der Waals surface area contributed by atoms with Crippen molar-refractivity contribution in [1.82, 2.24) is 0 Å². The monoisotopic (exact) mass is 536 g/mol. The summed E-state index contributed by atoms with van der Waals surface area (Å²) in [5.74, 6) is -4.85. The van der Waals surface area contributed by atoms with E-state index in [-0.39, 0.29) is 45.9 Å². The van der Waals surface area contributed by atoms with Gasteiger partial charge in [0.2, 0.25) is 0 Å². The van der Waals surface area contributed by atoms with Crippen LogP contribution >= 0.6 is 0 Å². The van der Waals surface area contributed by atoms with E-state index in [1.807, 2.05) is 0 Å². The van der Waals surface area contributed by atoms with Gasteiger partial charge in [-0.05, 0) is 94.5 Å². The summed E-state index contributed by atoms with van der Waals surface area (Å²) in [6, 6.07) is 26.5. The van der Waals surface area contributed by atoms with E-state index in [0.29, 0.717) is 0 Å². The average molecular weight is 537 g/mol. The molecule has 4 N–H and O–H groups in total. The highest BCUT2D eigenvalue weighted by Gasteiger charge is 2.52. The SMILES string of the molecule is O=C(O)c1ccc(C2C(c3ccc(C(=O)O)cc3)C(c3ccc(C(=O)O)cc3)C2c2ccc(C(=O)O)cc2)cc1. The number of benzene rings is 4. The maximum atomic E-state index is 11.5. The highest BCUT2D eigenvalue weighted by molar-refractivity contribution is 5.89. The maximum absolute atomic E-state index is 11.5. The smallest absolute Gasteiger partial charge is 0.335 e. The number of hydrogen-bond donors (Lipinski definition) is 4. The number of carboxylic acid groups (broad SMARTS) is 4. The van der Waals surface area contributed by atoms with Crippen LogP contribution in [0.5, 0.6) is 0 Å². The molecule has 1 saturated carbocycles. The van der Waals surface area contributed by atoms with Crippen LogP contribution in [0, 0.1) is 0 Å². The van der Waals surface area contributed by atoms with Crippen molar-refractivity contribution in [2.24, 2.45) is 0 Å². The molecule has 0 radical (unpaired) electrons. The van der Waals surface area contributed by atoms with E-state index in [2.05, 4.69) is 0 Å². The summed E-state index contributed by atoms with van der Waals surface area (Å²) in [7, 11) is 0. The van der Waals surface area contributed by atoms with E-state index < -0.39 is 23.9 Å². The fourth-order valence-electron chi connectivity index (χ4n) is 5.80. The van der Waals surface area contributed by atoms with Crippen LogP contribution in [0.15, 0.2) is 97.1 Å². The molecule has 1 aliphatic rings. The molecule has 8 nitrogen and oxygen atoms in total. The summed E-state index contributed by atoms with van der Waals surface area (Å²) in [4.78, 5) is 45.9. The second-order valence-corrected chi connectivity index (χ2v) is 9.81. The summed E-state index contributed by atoms with van der Waals surface area (Å²) in [5.41, 5.74) is 4.10. The van der Waals surface area contributed by atoms with Gasteiger partial charge in [-0.1, -0.05) is 48.5 Å². The Morgan fingerprint density at radius 2 is 0.475 bits per heavy atom. The van der Waals surface area contributed by atoms with Gasteiger partial charge in [-0.25, -0.2) is 19.2 Å². The van der Waals surface area contributed by atoms with Gasteiger partial charge < -0.3 is 20.4 Å². The van der Waals surface area contributed by atoms with E-state index in [1.165, 1.54) is 0 Å². The Morgan fingerprint density at radius 3 is 0.600 bits per heavy atom. The molecule has 0 heterocycles. The van der Waals surface area contributed by atoms with Crippen molar-refractivity contribution in [1.29, 1.82) is 0 Å². The first-order valence-corrected chi connectivity index (χ1v) is 12.5. The van der Waals surface area contributed by atoms with Crippen molar-refractivity contribution in [3.8, 4) is 0 Å². The van der Waals surface area contributed by atoms with Crippen molar-refractivity contribution in [3.05, 3.63) is 142 Å². The number of carbonyl (C=O) groups is 4. The number of carboxylic acids is 4. The Kier molecular flexibility index (Phi) is 6.92. The molecule has 40 heavy (non-hydrogen) atoms. The third-order valence-electron chi connectivity index (χ3n) is 7.72. The second-order valence-electron chi connectivity index (χ2n) is 9.81. The number of aromatic carboxylic acids is 4. The summed E-state index contributed by atoms with van der Waals surface area (Å²) in [6.45, 7) is 0. The zero-order chi connectivity index (χ0) is 28.6. The fourth-order valence-corrected chi connectivity index (χ4v) is 5.80. The van der Waals surface area contributed by atoms with Gasteiger partial charge in [0, 0.05) is 0 Å². The molecule has 0 spiro atoms. The second kappa shape index (κ2) is 10.5. The van der Waals surface area contributed by atoms with Gasteiger partial charge in [0.1, 0.15) is 0 Å². The highest BCUT2D eigenvalue weighted by atomic mass is 16.4. The predicted octanol–water partition coefficient (Wildman–Crippen LogP) is 5.93. The summed E-state index contributed by atoms with van der Waals surface area (Å²) in [5, 5.41) is 37.6. The highest BCUT2D eigenvalue weighted by Crippen LogP contribution is 2.66. The van der Waals surface area contributed by atoms with E-state index in [4.69, 9.17) is 0 Å². The van der Waals surface area contributed by atoms with Gasteiger partial charge in [0.05, 0.1) is 22.3 Å². The molecule has 0 bridgehead atoms. The summed E-state index contributed by atoms with van der Waals surface area (Å²) >= 11 is 0. The molecule has 0 unspecified atom stereocenters. The third-order valence-corrected chi connectivity index (χ3v) is 7.72. The van der Waals surface area contributed by atoms with Crippen LogP contribution in [0.25, 0.3) is 0 Å². The zero-order valence-corrected chi connectivity index (χ0v) is 21.0. The van der Waals surface area contributed by atoms with Crippen molar-refractivity contribution in [2.75, 3.05) is 0 Å². The van der Waals surface area contributed by atoms with Gasteiger partial charge in [-0.15, -0.1) is 0 Å². The Hall–Kier alpha value is -5.24. The fraction of sp³-hybridized carbons (Fsp3) is 0.125. The van der Waals surface area contributed by atoms with E-state index in [1.54, 1.807) is 97.1 Å². The molecule has 0 amide bonds. The van der Waals surface area contributed by atoms with Crippen LogP contribution in [-0.2, 0) is 0 Å². The van der Waals surface area contributed by atoms with Gasteiger partial charge >= 0.3 is 23.9 Å². The van der Waals surface area contributed by atoms with Crippen LogP contribution in [0.4, 0.5) is 0 Å². The van der Waals surface area contributed by atoms with Crippen LogP contribution in [0.1, 0.15) is 87.4 Å². The first kappa shape index (κ1) is 26.4. The summed E-state index contributed by atoms with van der Waals surface area (Å²) in [6.07, 6.45) is 0. The minimum absolute atomic E-state index is 0.147. The van der Waals surface area contributed by atoms with E-state index >= 15 is 0 Å².